The first-order valence-corrected chi connectivity index (χ1v) is 13.8. The lowest BCUT2D eigenvalue weighted by Gasteiger charge is -2.31. The fourth-order valence-corrected chi connectivity index (χ4v) is 5.31. The summed E-state index contributed by atoms with van der Waals surface area (Å²) < 4.78 is 44.4. The van der Waals surface area contributed by atoms with Gasteiger partial charge in [0.05, 0.1) is 29.7 Å². The first-order chi connectivity index (χ1) is 20.6. The molecule has 222 valence electrons. The lowest BCUT2D eigenvalue weighted by atomic mass is 9.95. The second kappa shape index (κ2) is 11.2. The summed E-state index contributed by atoms with van der Waals surface area (Å²) in [5, 5.41) is 11.8. The summed E-state index contributed by atoms with van der Waals surface area (Å²) >= 11 is 0. The molecule has 6 rings (SSSR count). The number of likely N-dealkylation sites (N-methyl/N-ethyl adjacent to an activating group) is 1. The third-order valence-electron chi connectivity index (χ3n) is 7.63. The minimum Gasteiger partial charge on any atom is -0.399 e. The van der Waals surface area contributed by atoms with Crippen LogP contribution >= 0.6 is 0 Å². The van der Waals surface area contributed by atoms with Crippen molar-refractivity contribution in [3.63, 3.8) is 0 Å². The molecule has 2 aromatic carbocycles. The number of carbonyl (C=O) groups excluding carboxylic acids is 1. The third kappa shape index (κ3) is 5.81. The molecule has 4 heterocycles. The van der Waals surface area contributed by atoms with Crippen molar-refractivity contribution >= 4 is 23.2 Å². The lowest BCUT2D eigenvalue weighted by Crippen LogP contribution is -2.47. The van der Waals surface area contributed by atoms with Crippen molar-refractivity contribution in [3.05, 3.63) is 78.1 Å². The van der Waals surface area contributed by atoms with E-state index >= 15 is 0 Å². The molecule has 3 aromatic heterocycles. The number of nitrogens with one attached hydrogen (secondary N) is 1. The monoisotopic (exact) mass is 589 g/mol. The Morgan fingerprint density at radius 2 is 1.79 bits per heavy atom. The minimum absolute atomic E-state index is 0.0657. The summed E-state index contributed by atoms with van der Waals surface area (Å²) in [7, 11) is 2.04. The molecule has 1 aliphatic rings. The SMILES string of the molecule is Cc1c(-c2ccnn2-c2ccc(N)cc2)cn2nc(NC(=O)CN3CCN(C)CC3)nc2c1-c1cccc(C(F)(F)F)c1. The highest BCUT2D eigenvalue weighted by molar-refractivity contribution is 5.92. The molecule has 13 heteroatoms. The van der Waals surface area contributed by atoms with E-state index in [0.29, 0.717) is 39.3 Å². The van der Waals surface area contributed by atoms with Crippen molar-refractivity contribution < 1.29 is 18.0 Å². The second-order valence-electron chi connectivity index (χ2n) is 10.7. The predicted octanol–water partition coefficient (Wildman–Crippen LogP) is 4.34. The average Bonchev–Trinajstić information content (AvgIpc) is 3.61. The van der Waals surface area contributed by atoms with Gasteiger partial charge in [-0.1, -0.05) is 12.1 Å². The van der Waals surface area contributed by atoms with Crippen LogP contribution in [0.3, 0.4) is 0 Å². The van der Waals surface area contributed by atoms with E-state index in [4.69, 9.17) is 5.73 Å². The lowest BCUT2D eigenvalue weighted by molar-refractivity contribution is -0.137. The van der Waals surface area contributed by atoms with Crippen molar-refractivity contribution in [1.29, 1.82) is 0 Å². The zero-order valence-electron chi connectivity index (χ0n) is 23.6. The van der Waals surface area contributed by atoms with Gasteiger partial charge < -0.3 is 10.6 Å². The maximum Gasteiger partial charge on any atom is 0.416 e. The summed E-state index contributed by atoms with van der Waals surface area (Å²) in [4.78, 5) is 21.7. The van der Waals surface area contributed by atoms with E-state index < -0.39 is 11.7 Å². The zero-order chi connectivity index (χ0) is 30.3. The highest BCUT2D eigenvalue weighted by atomic mass is 19.4. The maximum absolute atomic E-state index is 13.7. The Labute approximate surface area is 245 Å². The molecule has 10 nitrogen and oxygen atoms in total. The standard InChI is InChI=1S/C30H30F3N9O/c1-19-24(25-10-11-35-42(25)23-8-6-22(34)7-9-23)17-41-28(27(19)20-4-3-5-21(16-20)30(31,32)33)37-29(38-41)36-26(43)18-40-14-12-39(2)13-15-40/h3-11,16-17H,12-15,18,34H2,1-2H3,(H,36,38,43). The van der Waals surface area contributed by atoms with Gasteiger partial charge in [0, 0.05) is 49.2 Å². The number of nitrogens with two attached hydrogens (primary N) is 1. The Hall–Kier alpha value is -4.75. The summed E-state index contributed by atoms with van der Waals surface area (Å²) in [6, 6.07) is 14.1. The Morgan fingerprint density at radius 1 is 1.05 bits per heavy atom. The number of pyridine rings is 1. The Balaban J connectivity index is 1.45. The number of carbonyl (C=O) groups is 1. The van der Waals surface area contributed by atoms with Crippen LogP contribution in [0.5, 0.6) is 0 Å². The van der Waals surface area contributed by atoms with Crippen molar-refractivity contribution in [2.24, 2.45) is 0 Å². The van der Waals surface area contributed by atoms with Crippen LogP contribution in [0.25, 0.3) is 33.7 Å². The van der Waals surface area contributed by atoms with Crippen LogP contribution in [-0.4, -0.2) is 79.9 Å². The molecule has 43 heavy (non-hydrogen) atoms. The fourth-order valence-electron chi connectivity index (χ4n) is 5.31. The van der Waals surface area contributed by atoms with E-state index in [-0.39, 0.29) is 18.4 Å². The molecule has 0 saturated carbocycles. The normalized spacial score (nSPS) is 14.8. The van der Waals surface area contributed by atoms with Crippen molar-refractivity contribution in [2.75, 3.05) is 50.8 Å². The smallest absolute Gasteiger partial charge is 0.399 e. The molecular formula is C30H30F3N9O. The zero-order valence-corrected chi connectivity index (χ0v) is 23.6. The number of fused-ring (bicyclic) bond motifs is 1. The van der Waals surface area contributed by atoms with E-state index in [0.717, 1.165) is 44.0 Å². The Kier molecular flexibility index (Phi) is 7.36. The molecule has 0 atom stereocenters. The van der Waals surface area contributed by atoms with Crippen molar-refractivity contribution in [2.45, 2.75) is 13.1 Å². The molecule has 5 aromatic rings. The van der Waals surface area contributed by atoms with Crippen LogP contribution in [-0.2, 0) is 11.0 Å². The van der Waals surface area contributed by atoms with Gasteiger partial charge in [-0.25, -0.2) is 9.20 Å². The van der Waals surface area contributed by atoms with Gasteiger partial charge >= 0.3 is 6.18 Å². The molecule has 0 bridgehead atoms. The number of nitrogen functional groups attached to an aromatic ring is 1. The van der Waals surface area contributed by atoms with E-state index in [1.165, 1.54) is 10.6 Å². The second-order valence-corrected chi connectivity index (χ2v) is 10.7. The molecular weight excluding hydrogens is 559 g/mol. The van der Waals surface area contributed by atoms with Crippen molar-refractivity contribution in [3.8, 4) is 28.1 Å². The highest BCUT2D eigenvalue weighted by Crippen LogP contribution is 2.38. The molecule has 3 N–H and O–H groups in total. The first kappa shape index (κ1) is 28.4. The third-order valence-corrected chi connectivity index (χ3v) is 7.63. The molecule has 1 aliphatic heterocycles. The van der Waals surface area contributed by atoms with Gasteiger partial charge in [-0.2, -0.15) is 23.3 Å². The van der Waals surface area contributed by atoms with Gasteiger partial charge in [-0.3, -0.25) is 15.0 Å². The number of aromatic nitrogens is 5. The van der Waals surface area contributed by atoms with Gasteiger partial charge in [-0.05, 0) is 67.6 Å². The molecule has 1 amide bonds. The average molecular weight is 590 g/mol. The molecule has 0 spiro atoms. The first-order valence-electron chi connectivity index (χ1n) is 13.8. The Morgan fingerprint density at radius 3 is 2.51 bits per heavy atom. The van der Waals surface area contributed by atoms with E-state index in [1.54, 1.807) is 35.3 Å². The number of nitrogens with zero attached hydrogens (tertiary/aromatic N) is 7. The number of hydrogen-bond acceptors (Lipinski definition) is 7. The molecule has 0 unspecified atom stereocenters. The maximum atomic E-state index is 13.7. The topological polar surface area (TPSA) is 110 Å². The number of anilines is 2. The number of alkyl halides is 3. The number of hydrogen-bond donors (Lipinski definition) is 2. The van der Waals surface area contributed by atoms with Crippen molar-refractivity contribution in [1.82, 2.24) is 34.2 Å². The van der Waals surface area contributed by atoms with E-state index in [1.807, 2.05) is 32.2 Å². The van der Waals surface area contributed by atoms with E-state index in [2.05, 4.69) is 30.3 Å². The van der Waals surface area contributed by atoms with Gasteiger partial charge in [0.15, 0.2) is 5.65 Å². The quantitative estimate of drug-likeness (QED) is 0.284. The number of halogens is 3. The number of benzene rings is 2. The summed E-state index contributed by atoms with van der Waals surface area (Å²) in [5.41, 5.74) is 9.58. The largest absolute Gasteiger partial charge is 0.416 e. The minimum atomic E-state index is -4.53. The molecule has 0 radical (unpaired) electrons. The molecule has 1 fully saturated rings. The number of amides is 1. The Bertz CT molecular complexity index is 1790. The number of piperazine rings is 1. The van der Waals surface area contributed by atoms with Gasteiger partial charge in [0.25, 0.3) is 0 Å². The van der Waals surface area contributed by atoms with Crippen LogP contribution in [0, 0.1) is 6.92 Å². The van der Waals surface area contributed by atoms with Crippen LogP contribution in [0.15, 0.2) is 67.0 Å². The summed E-state index contributed by atoms with van der Waals surface area (Å²) in [6.07, 6.45) is -1.14. The van der Waals surface area contributed by atoms with Gasteiger partial charge in [0.1, 0.15) is 0 Å². The summed E-state index contributed by atoms with van der Waals surface area (Å²) in [5.74, 6) is -0.199. The van der Waals surface area contributed by atoms with Crippen LogP contribution < -0.4 is 11.1 Å². The number of rotatable bonds is 6. The highest BCUT2D eigenvalue weighted by Gasteiger charge is 2.31. The van der Waals surface area contributed by atoms with E-state index in [9.17, 15) is 18.0 Å². The molecule has 1 saturated heterocycles. The molecule has 0 aliphatic carbocycles. The predicted molar refractivity (Wildman–Crippen MR) is 158 cm³/mol. The summed E-state index contributed by atoms with van der Waals surface area (Å²) in [6.45, 7) is 5.30. The van der Waals surface area contributed by atoms with Crippen LogP contribution in [0.2, 0.25) is 0 Å². The van der Waals surface area contributed by atoms with Gasteiger partial charge in [0.2, 0.25) is 11.9 Å². The van der Waals surface area contributed by atoms with Crippen LogP contribution in [0.4, 0.5) is 24.8 Å². The van der Waals surface area contributed by atoms with Crippen LogP contribution in [0.1, 0.15) is 11.1 Å². The van der Waals surface area contributed by atoms with Gasteiger partial charge in [-0.15, -0.1) is 5.10 Å². The fraction of sp³-hybridized carbons (Fsp3) is 0.267.